The van der Waals surface area contributed by atoms with Crippen molar-refractivity contribution < 1.29 is 4.74 Å². The van der Waals surface area contributed by atoms with Crippen molar-refractivity contribution in [3.05, 3.63) is 11.6 Å². The Hall–Kier alpha value is -0.300. The molecule has 1 fully saturated rings. The summed E-state index contributed by atoms with van der Waals surface area (Å²) in [5.74, 6) is 0. The molecule has 1 nitrogen and oxygen atoms in total. The Balaban J connectivity index is 2.21. The van der Waals surface area contributed by atoms with Crippen LogP contribution in [0.3, 0.4) is 0 Å². The molecule has 1 aliphatic rings. The zero-order valence-electron chi connectivity index (χ0n) is 8.68. The zero-order valence-corrected chi connectivity index (χ0v) is 8.68. The molecule has 0 spiro atoms. The van der Waals surface area contributed by atoms with E-state index in [1.54, 1.807) is 0 Å². The highest BCUT2D eigenvalue weighted by molar-refractivity contribution is 5.01. The zero-order chi connectivity index (χ0) is 9.19. The van der Waals surface area contributed by atoms with Gasteiger partial charge < -0.3 is 4.74 Å². The SMILES string of the molecule is CCC1OC1(C)CCC=C(C)C. The summed E-state index contributed by atoms with van der Waals surface area (Å²) >= 11 is 0. The largest absolute Gasteiger partial charge is 0.366 e. The maximum atomic E-state index is 5.61. The van der Waals surface area contributed by atoms with Crippen molar-refractivity contribution in [2.75, 3.05) is 0 Å². The first kappa shape index (κ1) is 9.79. The number of epoxide rings is 1. The Kier molecular flexibility index (Phi) is 2.94. The minimum Gasteiger partial charge on any atom is -0.366 e. The van der Waals surface area contributed by atoms with Crippen molar-refractivity contribution in [1.29, 1.82) is 0 Å². The molecule has 0 saturated carbocycles. The second-order valence-corrected chi connectivity index (χ2v) is 4.15. The normalized spacial score (nSPS) is 33.2. The smallest absolute Gasteiger partial charge is 0.0923 e. The highest BCUT2D eigenvalue weighted by Gasteiger charge is 2.49. The van der Waals surface area contributed by atoms with Crippen molar-refractivity contribution in [2.45, 2.75) is 58.7 Å². The average Bonchev–Trinajstić information content (AvgIpc) is 2.61. The molecule has 0 radical (unpaired) electrons. The number of ether oxygens (including phenoxy) is 1. The minimum atomic E-state index is 0.209. The van der Waals surface area contributed by atoms with Crippen LogP contribution in [0.15, 0.2) is 11.6 Å². The highest BCUT2D eigenvalue weighted by atomic mass is 16.6. The van der Waals surface area contributed by atoms with Crippen molar-refractivity contribution in [1.82, 2.24) is 0 Å². The summed E-state index contributed by atoms with van der Waals surface area (Å²) in [7, 11) is 0. The molecule has 1 aliphatic heterocycles. The molecule has 0 aromatic heterocycles. The van der Waals surface area contributed by atoms with E-state index < -0.39 is 0 Å². The van der Waals surface area contributed by atoms with E-state index >= 15 is 0 Å². The quantitative estimate of drug-likeness (QED) is 0.463. The number of allylic oxidation sites excluding steroid dienone is 2. The lowest BCUT2D eigenvalue weighted by Crippen LogP contribution is -2.08. The molecule has 1 heteroatoms. The summed E-state index contributed by atoms with van der Waals surface area (Å²) in [6, 6.07) is 0. The summed E-state index contributed by atoms with van der Waals surface area (Å²) in [5, 5.41) is 0. The van der Waals surface area contributed by atoms with Crippen LogP contribution in [0.5, 0.6) is 0 Å². The molecule has 2 atom stereocenters. The molecule has 0 aromatic carbocycles. The van der Waals surface area contributed by atoms with Gasteiger partial charge in [-0.3, -0.25) is 0 Å². The third-order valence-electron chi connectivity index (χ3n) is 2.60. The summed E-state index contributed by atoms with van der Waals surface area (Å²) in [4.78, 5) is 0. The van der Waals surface area contributed by atoms with Gasteiger partial charge in [0.1, 0.15) is 0 Å². The molecule has 1 rings (SSSR count). The van der Waals surface area contributed by atoms with Gasteiger partial charge in [-0.15, -0.1) is 0 Å². The van der Waals surface area contributed by atoms with E-state index in [9.17, 15) is 0 Å². The van der Waals surface area contributed by atoms with Crippen LogP contribution in [0.1, 0.15) is 47.0 Å². The molecule has 1 saturated heterocycles. The fraction of sp³-hybridized carbons (Fsp3) is 0.818. The van der Waals surface area contributed by atoms with E-state index in [0.29, 0.717) is 6.10 Å². The molecule has 0 amide bonds. The summed E-state index contributed by atoms with van der Waals surface area (Å²) in [6.45, 7) is 8.71. The van der Waals surface area contributed by atoms with Gasteiger partial charge in [0.15, 0.2) is 0 Å². The van der Waals surface area contributed by atoms with Crippen molar-refractivity contribution in [3.8, 4) is 0 Å². The maximum absolute atomic E-state index is 5.61. The Morgan fingerprint density at radius 3 is 2.58 bits per heavy atom. The Morgan fingerprint density at radius 2 is 2.17 bits per heavy atom. The number of hydrogen-bond donors (Lipinski definition) is 0. The van der Waals surface area contributed by atoms with Crippen molar-refractivity contribution in [2.24, 2.45) is 0 Å². The van der Waals surface area contributed by atoms with E-state index in [1.807, 2.05) is 0 Å². The first-order valence-corrected chi connectivity index (χ1v) is 4.89. The van der Waals surface area contributed by atoms with Gasteiger partial charge in [-0.05, 0) is 40.0 Å². The molecular weight excluding hydrogens is 148 g/mol. The predicted molar refractivity (Wildman–Crippen MR) is 52.2 cm³/mol. The Labute approximate surface area is 75.8 Å². The van der Waals surface area contributed by atoms with Gasteiger partial charge in [0.2, 0.25) is 0 Å². The second-order valence-electron chi connectivity index (χ2n) is 4.15. The van der Waals surface area contributed by atoms with Gasteiger partial charge in [-0.25, -0.2) is 0 Å². The molecule has 0 bridgehead atoms. The van der Waals surface area contributed by atoms with Crippen LogP contribution >= 0.6 is 0 Å². The van der Waals surface area contributed by atoms with Gasteiger partial charge in [-0.2, -0.15) is 0 Å². The molecule has 1 heterocycles. The summed E-state index contributed by atoms with van der Waals surface area (Å²) in [5.41, 5.74) is 1.62. The monoisotopic (exact) mass is 168 g/mol. The molecule has 2 unspecified atom stereocenters. The van der Waals surface area contributed by atoms with Crippen LogP contribution in [0.4, 0.5) is 0 Å². The lowest BCUT2D eigenvalue weighted by molar-refractivity contribution is 0.296. The third-order valence-corrected chi connectivity index (χ3v) is 2.60. The standard InChI is InChI=1S/C11H20O/c1-5-10-11(4,12-10)8-6-7-9(2)3/h7,10H,5-6,8H2,1-4H3. The van der Waals surface area contributed by atoms with Crippen molar-refractivity contribution >= 4 is 0 Å². The van der Waals surface area contributed by atoms with Gasteiger partial charge in [0.05, 0.1) is 11.7 Å². The van der Waals surface area contributed by atoms with Gasteiger partial charge in [0, 0.05) is 0 Å². The van der Waals surface area contributed by atoms with Gasteiger partial charge >= 0.3 is 0 Å². The van der Waals surface area contributed by atoms with Gasteiger partial charge in [0.25, 0.3) is 0 Å². The number of hydrogen-bond acceptors (Lipinski definition) is 1. The second kappa shape index (κ2) is 3.61. The van der Waals surface area contributed by atoms with Crippen LogP contribution < -0.4 is 0 Å². The van der Waals surface area contributed by atoms with E-state index in [1.165, 1.54) is 12.0 Å². The van der Waals surface area contributed by atoms with E-state index in [4.69, 9.17) is 4.74 Å². The average molecular weight is 168 g/mol. The third kappa shape index (κ3) is 2.34. The van der Waals surface area contributed by atoms with Crippen LogP contribution in [0, 0.1) is 0 Å². The first-order valence-electron chi connectivity index (χ1n) is 4.89. The maximum Gasteiger partial charge on any atom is 0.0923 e. The molecule has 70 valence electrons. The molecule has 12 heavy (non-hydrogen) atoms. The molecule has 0 N–H and O–H groups in total. The van der Waals surface area contributed by atoms with Crippen LogP contribution in [0.25, 0.3) is 0 Å². The molecular formula is C11H20O. The fourth-order valence-electron chi connectivity index (χ4n) is 1.67. The molecule has 0 aromatic rings. The highest BCUT2D eigenvalue weighted by Crippen LogP contribution is 2.42. The Morgan fingerprint density at radius 1 is 1.50 bits per heavy atom. The first-order chi connectivity index (χ1) is 5.58. The minimum absolute atomic E-state index is 0.209. The van der Waals surface area contributed by atoms with Crippen molar-refractivity contribution in [3.63, 3.8) is 0 Å². The fourth-order valence-corrected chi connectivity index (χ4v) is 1.67. The van der Waals surface area contributed by atoms with E-state index in [0.717, 1.165) is 12.8 Å². The molecule has 0 aliphatic carbocycles. The van der Waals surface area contributed by atoms with Crippen LogP contribution in [-0.4, -0.2) is 11.7 Å². The summed E-state index contributed by atoms with van der Waals surface area (Å²) in [6.07, 6.45) is 6.32. The van der Waals surface area contributed by atoms with E-state index in [2.05, 4.69) is 33.8 Å². The predicted octanol–water partition coefficient (Wildman–Crippen LogP) is 3.30. The summed E-state index contributed by atoms with van der Waals surface area (Å²) < 4.78 is 5.61. The van der Waals surface area contributed by atoms with Crippen LogP contribution in [-0.2, 0) is 4.74 Å². The van der Waals surface area contributed by atoms with Crippen LogP contribution in [0.2, 0.25) is 0 Å². The topological polar surface area (TPSA) is 12.5 Å². The van der Waals surface area contributed by atoms with Gasteiger partial charge in [-0.1, -0.05) is 18.6 Å². The Bertz CT molecular complexity index is 179. The lowest BCUT2D eigenvalue weighted by Gasteiger charge is -2.02. The lowest BCUT2D eigenvalue weighted by atomic mass is 9.99. The number of rotatable bonds is 4. The van der Waals surface area contributed by atoms with E-state index in [-0.39, 0.29) is 5.60 Å².